The summed E-state index contributed by atoms with van der Waals surface area (Å²) in [6.45, 7) is 7.95. The minimum atomic E-state index is 1.07. The van der Waals surface area contributed by atoms with Gasteiger partial charge in [0.2, 0.25) is 0 Å². The van der Waals surface area contributed by atoms with Gasteiger partial charge in [-0.2, -0.15) is 0 Å². The Hall–Kier alpha value is -1.20. The van der Waals surface area contributed by atoms with Crippen molar-refractivity contribution < 1.29 is 0 Å². The maximum Gasteiger partial charge on any atom is 0.186 e. The Bertz CT molecular complexity index is 483. The third-order valence-electron chi connectivity index (χ3n) is 3.36. The first kappa shape index (κ1) is 11.9. The first-order valence-corrected chi connectivity index (χ1v) is 7.36. The third-order valence-corrected chi connectivity index (χ3v) is 4.43. The van der Waals surface area contributed by atoms with Crippen LogP contribution >= 0.6 is 11.3 Å². The van der Waals surface area contributed by atoms with Crippen molar-refractivity contribution in [2.75, 3.05) is 37.6 Å². The molecule has 0 unspecified atom stereocenters. The molecular weight excluding hydrogens is 244 g/mol. The van der Waals surface area contributed by atoms with E-state index in [1.54, 1.807) is 11.3 Å². The topological polar surface area (TPSA) is 32.3 Å². The summed E-state index contributed by atoms with van der Waals surface area (Å²) in [6, 6.07) is 1.99. The predicted octanol–water partition coefficient (Wildman–Crippen LogP) is 2.22. The molecule has 0 amide bonds. The quantitative estimate of drug-likeness (QED) is 0.849. The highest BCUT2D eigenvalue weighted by Crippen LogP contribution is 2.28. The lowest BCUT2D eigenvalue weighted by molar-refractivity contribution is 0.258. The first-order chi connectivity index (χ1) is 8.86. The van der Waals surface area contributed by atoms with Crippen LogP contribution in [0.5, 0.6) is 0 Å². The van der Waals surface area contributed by atoms with Crippen LogP contribution in [0.1, 0.15) is 13.3 Å². The summed E-state index contributed by atoms with van der Waals surface area (Å²) in [5.41, 5.74) is 1.07. The van der Waals surface area contributed by atoms with Crippen molar-refractivity contribution in [1.82, 2.24) is 14.9 Å². The molecule has 2 aromatic heterocycles. The van der Waals surface area contributed by atoms with Crippen molar-refractivity contribution in [2.45, 2.75) is 13.3 Å². The lowest BCUT2D eigenvalue weighted by Crippen LogP contribution is -2.46. The summed E-state index contributed by atoms with van der Waals surface area (Å²) in [7, 11) is 0. The zero-order valence-electron chi connectivity index (χ0n) is 10.7. The Morgan fingerprint density at radius 1 is 1.28 bits per heavy atom. The molecule has 0 spiro atoms. The number of rotatable bonds is 3. The molecule has 1 saturated heterocycles. The number of anilines is 1. The molecule has 1 aliphatic rings. The summed E-state index contributed by atoms with van der Waals surface area (Å²) in [5.74, 6) is 0. The molecule has 1 fully saturated rings. The van der Waals surface area contributed by atoms with Gasteiger partial charge in [0.1, 0.15) is 0 Å². The largest absolute Gasteiger partial charge is 0.345 e. The predicted molar refractivity (Wildman–Crippen MR) is 76.4 cm³/mol. The van der Waals surface area contributed by atoms with E-state index in [1.807, 2.05) is 18.5 Å². The molecule has 2 aromatic rings. The SMILES string of the molecule is CCCN1CCN(c2nc3ccncc3s2)CC1. The lowest BCUT2D eigenvalue weighted by Gasteiger charge is -2.34. The number of aromatic nitrogens is 2. The first-order valence-electron chi connectivity index (χ1n) is 6.54. The zero-order valence-corrected chi connectivity index (χ0v) is 11.5. The molecule has 3 heterocycles. The van der Waals surface area contributed by atoms with Crippen LogP contribution < -0.4 is 4.90 Å². The molecule has 18 heavy (non-hydrogen) atoms. The summed E-state index contributed by atoms with van der Waals surface area (Å²) in [6.07, 6.45) is 4.96. The Labute approximate surface area is 111 Å². The molecule has 0 atom stereocenters. The number of piperazine rings is 1. The second-order valence-electron chi connectivity index (χ2n) is 4.67. The Morgan fingerprint density at radius 2 is 2.11 bits per heavy atom. The number of hydrogen-bond donors (Lipinski definition) is 0. The molecule has 0 saturated carbocycles. The Kier molecular flexibility index (Phi) is 3.43. The fraction of sp³-hybridized carbons (Fsp3) is 0.538. The van der Waals surface area contributed by atoms with E-state index >= 15 is 0 Å². The molecule has 0 bridgehead atoms. The van der Waals surface area contributed by atoms with Crippen LogP contribution in [-0.2, 0) is 0 Å². The highest BCUT2D eigenvalue weighted by molar-refractivity contribution is 7.22. The van der Waals surface area contributed by atoms with Gasteiger partial charge in [0, 0.05) is 38.6 Å². The van der Waals surface area contributed by atoms with E-state index < -0.39 is 0 Å². The minimum absolute atomic E-state index is 1.07. The van der Waals surface area contributed by atoms with Gasteiger partial charge in [-0.25, -0.2) is 4.98 Å². The van der Waals surface area contributed by atoms with Crippen LogP contribution in [0, 0.1) is 0 Å². The number of nitrogens with zero attached hydrogens (tertiary/aromatic N) is 4. The number of hydrogen-bond acceptors (Lipinski definition) is 5. The van der Waals surface area contributed by atoms with Crippen molar-refractivity contribution in [3.05, 3.63) is 18.5 Å². The Balaban J connectivity index is 1.72. The highest BCUT2D eigenvalue weighted by Gasteiger charge is 2.18. The normalized spacial score (nSPS) is 17.5. The van der Waals surface area contributed by atoms with Crippen LogP contribution in [-0.4, -0.2) is 47.6 Å². The fourth-order valence-corrected chi connectivity index (χ4v) is 3.37. The van der Waals surface area contributed by atoms with E-state index in [-0.39, 0.29) is 0 Å². The average Bonchev–Trinajstić information content (AvgIpc) is 2.84. The van der Waals surface area contributed by atoms with Crippen molar-refractivity contribution in [3.63, 3.8) is 0 Å². The second kappa shape index (κ2) is 5.20. The maximum atomic E-state index is 4.69. The van der Waals surface area contributed by atoms with Crippen molar-refractivity contribution >= 4 is 26.7 Å². The number of thiazole rings is 1. The van der Waals surface area contributed by atoms with E-state index in [9.17, 15) is 0 Å². The standard InChI is InChI=1S/C13H18N4S/c1-2-5-16-6-8-17(9-7-16)13-15-11-3-4-14-10-12(11)18-13/h3-4,10H,2,5-9H2,1H3. The lowest BCUT2D eigenvalue weighted by atomic mass is 10.3. The summed E-state index contributed by atoms with van der Waals surface area (Å²) < 4.78 is 1.18. The van der Waals surface area contributed by atoms with Gasteiger partial charge < -0.3 is 4.90 Å². The van der Waals surface area contributed by atoms with Gasteiger partial charge in [0.25, 0.3) is 0 Å². The summed E-state index contributed by atoms with van der Waals surface area (Å²) in [4.78, 5) is 13.8. The third kappa shape index (κ3) is 2.33. The Morgan fingerprint density at radius 3 is 2.83 bits per heavy atom. The van der Waals surface area contributed by atoms with Crippen molar-refractivity contribution in [1.29, 1.82) is 0 Å². The maximum absolute atomic E-state index is 4.69. The molecular formula is C13H18N4S. The monoisotopic (exact) mass is 262 g/mol. The molecule has 3 rings (SSSR count). The average molecular weight is 262 g/mol. The highest BCUT2D eigenvalue weighted by atomic mass is 32.1. The van der Waals surface area contributed by atoms with Gasteiger partial charge in [-0.3, -0.25) is 9.88 Å². The molecule has 5 heteroatoms. The zero-order chi connectivity index (χ0) is 12.4. The number of pyridine rings is 1. The second-order valence-corrected chi connectivity index (χ2v) is 5.68. The number of fused-ring (bicyclic) bond motifs is 1. The molecule has 0 N–H and O–H groups in total. The van der Waals surface area contributed by atoms with Gasteiger partial charge in [-0.05, 0) is 19.0 Å². The van der Waals surface area contributed by atoms with Crippen molar-refractivity contribution in [2.24, 2.45) is 0 Å². The van der Waals surface area contributed by atoms with E-state index in [0.717, 1.165) is 36.8 Å². The minimum Gasteiger partial charge on any atom is -0.345 e. The van der Waals surface area contributed by atoms with Crippen LogP contribution in [0.4, 0.5) is 5.13 Å². The van der Waals surface area contributed by atoms with Crippen molar-refractivity contribution in [3.8, 4) is 0 Å². The molecule has 1 aliphatic heterocycles. The molecule has 96 valence electrons. The van der Waals surface area contributed by atoms with Gasteiger partial charge in [-0.1, -0.05) is 18.3 Å². The van der Waals surface area contributed by atoms with E-state index in [4.69, 9.17) is 4.98 Å². The van der Waals surface area contributed by atoms with E-state index in [1.165, 1.54) is 17.7 Å². The molecule has 4 nitrogen and oxygen atoms in total. The van der Waals surface area contributed by atoms with E-state index in [0.29, 0.717) is 0 Å². The van der Waals surface area contributed by atoms with E-state index in [2.05, 4.69) is 21.7 Å². The molecule has 0 radical (unpaired) electrons. The summed E-state index contributed by atoms with van der Waals surface area (Å²) >= 11 is 1.75. The van der Waals surface area contributed by atoms with Crippen LogP contribution in [0.25, 0.3) is 10.2 Å². The van der Waals surface area contributed by atoms with Crippen LogP contribution in [0.15, 0.2) is 18.5 Å². The van der Waals surface area contributed by atoms with Gasteiger partial charge in [0.15, 0.2) is 5.13 Å². The fourth-order valence-electron chi connectivity index (χ4n) is 2.38. The molecule has 0 aliphatic carbocycles. The van der Waals surface area contributed by atoms with Gasteiger partial charge in [0.05, 0.1) is 10.2 Å². The van der Waals surface area contributed by atoms with Gasteiger partial charge in [-0.15, -0.1) is 0 Å². The summed E-state index contributed by atoms with van der Waals surface area (Å²) in [5, 5.41) is 1.15. The smallest absolute Gasteiger partial charge is 0.186 e. The van der Waals surface area contributed by atoms with Crippen LogP contribution in [0.3, 0.4) is 0 Å². The van der Waals surface area contributed by atoms with Gasteiger partial charge >= 0.3 is 0 Å². The molecule has 0 aromatic carbocycles. The van der Waals surface area contributed by atoms with Crippen LogP contribution in [0.2, 0.25) is 0 Å².